The molecule has 0 aliphatic rings. The summed E-state index contributed by atoms with van der Waals surface area (Å²) in [5.41, 5.74) is 1.07. The van der Waals surface area contributed by atoms with Crippen molar-refractivity contribution in [3.63, 3.8) is 0 Å². The minimum absolute atomic E-state index is 0.0458. The lowest BCUT2D eigenvalue weighted by atomic mass is 9.86. The number of amides is 2. The van der Waals surface area contributed by atoms with Crippen LogP contribution >= 0.6 is 11.6 Å². The number of hydrogen-bond acceptors (Lipinski definition) is 2. The Bertz CT molecular complexity index is 477. The van der Waals surface area contributed by atoms with E-state index in [0.717, 1.165) is 17.0 Å². The van der Waals surface area contributed by atoms with Crippen LogP contribution in [0.4, 0.5) is 4.79 Å². The molecule has 0 saturated carbocycles. The van der Waals surface area contributed by atoms with E-state index in [1.54, 1.807) is 14.0 Å². The van der Waals surface area contributed by atoms with E-state index in [9.17, 15) is 4.79 Å². The van der Waals surface area contributed by atoms with Crippen molar-refractivity contribution in [3.05, 3.63) is 34.9 Å². The average Bonchev–Trinajstić information content (AvgIpc) is 2.42. The summed E-state index contributed by atoms with van der Waals surface area (Å²) in [6.07, 6.45) is 0.826. The fraction of sp³-hybridized carbons (Fsp3) is 0.562. The molecule has 4 nitrogen and oxygen atoms in total. The lowest BCUT2D eigenvalue weighted by Crippen LogP contribution is -2.46. The van der Waals surface area contributed by atoms with Crippen molar-refractivity contribution >= 4 is 17.6 Å². The van der Waals surface area contributed by atoms with Gasteiger partial charge in [-0.3, -0.25) is 0 Å². The Balaban J connectivity index is 2.55. The summed E-state index contributed by atoms with van der Waals surface area (Å²) in [6, 6.07) is 7.41. The van der Waals surface area contributed by atoms with Crippen LogP contribution in [0.1, 0.15) is 26.3 Å². The Morgan fingerprint density at radius 3 is 2.71 bits per heavy atom. The molecular weight excluding hydrogens is 288 g/mol. The Kier molecular flexibility index (Phi) is 6.49. The highest BCUT2D eigenvalue weighted by Crippen LogP contribution is 2.22. The number of hydrogen-bond donors (Lipinski definition) is 2. The molecule has 2 amide bonds. The van der Waals surface area contributed by atoms with Gasteiger partial charge in [0, 0.05) is 18.6 Å². The summed E-state index contributed by atoms with van der Waals surface area (Å²) < 4.78 is 0. The largest absolute Gasteiger partial charge is 0.394 e. The zero-order valence-electron chi connectivity index (χ0n) is 13.2. The molecule has 0 fully saturated rings. The van der Waals surface area contributed by atoms with E-state index in [2.05, 4.69) is 19.2 Å². The van der Waals surface area contributed by atoms with Gasteiger partial charge in [-0.25, -0.2) is 4.79 Å². The first-order valence-electron chi connectivity index (χ1n) is 7.11. The van der Waals surface area contributed by atoms with Crippen LogP contribution in [0.25, 0.3) is 0 Å². The molecular formula is C16H25ClN2O2. The van der Waals surface area contributed by atoms with Crippen LogP contribution in [0.3, 0.4) is 0 Å². The van der Waals surface area contributed by atoms with Gasteiger partial charge >= 0.3 is 6.03 Å². The zero-order chi connectivity index (χ0) is 16.0. The molecule has 1 aromatic rings. The standard InChI is InChI=1S/C16H25ClN2O2/c1-12(10-20)19(4)15(21)18-11-16(2,3)9-13-6-5-7-14(17)8-13/h5-8,12,20H,9-11H2,1-4H3,(H,18,21). The summed E-state index contributed by atoms with van der Waals surface area (Å²) in [4.78, 5) is 13.5. The second-order valence-electron chi connectivity index (χ2n) is 6.27. The van der Waals surface area contributed by atoms with Gasteiger partial charge in [0.25, 0.3) is 0 Å². The molecule has 0 radical (unpaired) electrons. The first-order valence-corrected chi connectivity index (χ1v) is 7.49. The Labute approximate surface area is 132 Å². The van der Waals surface area contributed by atoms with Crippen LogP contribution in [-0.2, 0) is 6.42 Å². The monoisotopic (exact) mass is 312 g/mol. The number of benzene rings is 1. The molecule has 0 spiro atoms. The number of nitrogens with zero attached hydrogens (tertiary/aromatic N) is 1. The van der Waals surface area contributed by atoms with Crippen LogP contribution in [0.15, 0.2) is 24.3 Å². The molecule has 0 bridgehead atoms. The number of carbonyl (C=O) groups is 1. The van der Waals surface area contributed by atoms with Crippen LogP contribution in [0, 0.1) is 5.41 Å². The van der Waals surface area contributed by atoms with Gasteiger partial charge < -0.3 is 15.3 Å². The molecule has 21 heavy (non-hydrogen) atoms. The summed E-state index contributed by atoms with van der Waals surface area (Å²) >= 11 is 5.99. The van der Waals surface area contributed by atoms with Crippen LogP contribution in [0.2, 0.25) is 5.02 Å². The Morgan fingerprint density at radius 1 is 1.48 bits per heavy atom. The fourth-order valence-electron chi connectivity index (χ4n) is 2.02. The van der Waals surface area contributed by atoms with E-state index in [1.807, 2.05) is 24.3 Å². The van der Waals surface area contributed by atoms with E-state index in [1.165, 1.54) is 4.90 Å². The van der Waals surface area contributed by atoms with E-state index in [4.69, 9.17) is 16.7 Å². The molecule has 2 N–H and O–H groups in total. The van der Waals surface area contributed by atoms with Crippen molar-refractivity contribution in [3.8, 4) is 0 Å². The molecule has 0 aromatic heterocycles. The highest BCUT2D eigenvalue weighted by atomic mass is 35.5. The topological polar surface area (TPSA) is 52.6 Å². The third-order valence-electron chi connectivity index (χ3n) is 3.54. The highest BCUT2D eigenvalue weighted by molar-refractivity contribution is 6.30. The number of halogens is 1. The normalized spacial score (nSPS) is 12.9. The Morgan fingerprint density at radius 2 is 2.14 bits per heavy atom. The molecule has 0 heterocycles. The van der Waals surface area contributed by atoms with Crippen LogP contribution in [0.5, 0.6) is 0 Å². The molecule has 1 rings (SSSR count). The predicted octanol–water partition coefficient (Wildman–Crippen LogP) is 2.93. The van der Waals surface area contributed by atoms with Gasteiger partial charge in [0.05, 0.1) is 12.6 Å². The van der Waals surface area contributed by atoms with Crippen LogP contribution < -0.4 is 5.32 Å². The second-order valence-corrected chi connectivity index (χ2v) is 6.71. The molecule has 1 unspecified atom stereocenters. The number of rotatable bonds is 6. The zero-order valence-corrected chi connectivity index (χ0v) is 13.9. The molecule has 5 heteroatoms. The van der Waals surface area contributed by atoms with E-state index in [0.29, 0.717) is 6.54 Å². The molecule has 0 saturated heterocycles. The third-order valence-corrected chi connectivity index (χ3v) is 3.77. The van der Waals surface area contributed by atoms with Crippen molar-refractivity contribution in [1.29, 1.82) is 0 Å². The minimum Gasteiger partial charge on any atom is -0.394 e. The van der Waals surface area contributed by atoms with Crippen molar-refractivity contribution in [2.75, 3.05) is 20.2 Å². The van der Waals surface area contributed by atoms with Crippen molar-refractivity contribution < 1.29 is 9.90 Å². The maximum atomic E-state index is 12.0. The van der Waals surface area contributed by atoms with Gasteiger partial charge in [0.2, 0.25) is 0 Å². The highest BCUT2D eigenvalue weighted by Gasteiger charge is 2.22. The predicted molar refractivity (Wildman–Crippen MR) is 86.6 cm³/mol. The van der Waals surface area contributed by atoms with Crippen LogP contribution in [-0.4, -0.2) is 42.3 Å². The van der Waals surface area contributed by atoms with Gasteiger partial charge in [-0.05, 0) is 36.5 Å². The SMILES string of the molecule is CC(CO)N(C)C(=O)NCC(C)(C)Cc1cccc(Cl)c1. The van der Waals surface area contributed by atoms with Gasteiger partial charge in [-0.2, -0.15) is 0 Å². The van der Waals surface area contributed by atoms with Gasteiger partial charge in [0.1, 0.15) is 0 Å². The quantitative estimate of drug-likeness (QED) is 0.848. The molecule has 0 aliphatic carbocycles. The second kappa shape index (κ2) is 7.66. The van der Waals surface area contributed by atoms with E-state index in [-0.39, 0.29) is 24.1 Å². The number of aliphatic hydroxyl groups excluding tert-OH is 1. The molecule has 118 valence electrons. The maximum Gasteiger partial charge on any atom is 0.317 e. The molecule has 1 aromatic carbocycles. The van der Waals surface area contributed by atoms with Gasteiger partial charge in [-0.15, -0.1) is 0 Å². The van der Waals surface area contributed by atoms with Crippen molar-refractivity contribution in [2.45, 2.75) is 33.2 Å². The first-order chi connectivity index (χ1) is 9.75. The van der Waals surface area contributed by atoms with Gasteiger partial charge in [-0.1, -0.05) is 37.6 Å². The number of nitrogens with one attached hydrogen (secondary N) is 1. The summed E-state index contributed by atoms with van der Waals surface area (Å²) in [6.45, 7) is 6.51. The fourth-order valence-corrected chi connectivity index (χ4v) is 2.24. The third kappa shape index (κ3) is 5.94. The first kappa shape index (κ1) is 17.8. The average molecular weight is 313 g/mol. The van der Waals surface area contributed by atoms with Gasteiger partial charge in [0.15, 0.2) is 0 Å². The number of likely N-dealkylation sites (N-methyl/N-ethyl adjacent to an activating group) is 1. The van der Waals surface area contributed by atoms with Crippen molar-refractivity contribution in [1.82, 2.24) is 10.2 Å². The number of urea groups is 1. The number of aliphatic hydroxyl groups is 1. The summed E-state index contributed by atoms with van der Waals surface area (Å²) in [5.74, 6) is 0. The lowest BCUT2D eigenvalue weighted by molar-refractivity contribution is 0.154. The molecule has 1 atom stereocenters. The van der Waals surface area contributed by atoms with E-state index >= 15 is 0 Å². The maximum absolute atomic E-state index is 12.0. The lowest BCUT2D eigenvalue weighted by Gasteiger charge is -2.29. The Hall–Kier alpha value is -1.26. The molecule has 0 aliphatic heterocycles. The number of carbonyl (C=O) groups excluding carboxylic acids is 1. The minimum atomic E-state index is -0.193. The van der Waals surface area contributed by atoms with E-state index < -0.39 is 0 Å². The van der Waals surface area contributed by atoms with Crippen molar-refractivity contribution in [2.24, 2.45) is 5.41 Å². The summed E-state index contributed by atoms with van der Waals surface area (Å²) in [7, 11) is 1.68. The summed E-state index contributed by atoms with van der Waals surface area (Å²) in [5, 5.41) is 12.7. The smallest absolute Gasteiger partial charge is 0.317 e.